The summed E-state index contributed by atoms with van der Waals surface area (Å²) in [4.78, 5) is 36.4. The fourth-order valence-electron chi connectivity index (χ4n) is 2.13. The number of hydrogen-bond acceptors (Lipinski definition) is 5. The molecule has 0 radical (unpaired) electrons. The van der Waals surface area contributed by atoms with Crippen LogP contribution in [0.3, 0.4) is 0 Å². The minimum atomic E-state index is -1.09. The molecular formula is C20H21ClN2O4S. The van der Waals surface area contributed by atoms with Gasteiger partial charge in [0.15, 0.2) is 6.10 Å². The van der Waals surface area contributed by atoms with E-state index in [9.17, 15) is 14.4 Å². The summed E-state index contributed by atoms with van der Waals surface area (Å²) in [6.45, 7) is 3.52. The maximum absolute atomic E-state index is 12.2. The van der Waals surface area contributed by atoms with Crippen LogP contribution >= 0.6 is 23.4 Å². The highest BCUT2D eigenvalue weighted by Crippen LogP contribution is 2.24. The minimum absolute atomic E-state index is 0.331. The van der Waals surface area contributed by atoms with Crippen LogP contribution in [0.5, 0.6) is 0 Å². The SMILES string of the molecule is CCNC(=O)NC(=O)[C@@H](C)OC(=O)c1ccc(CSc2ccc(Cl)cc2)cc1. The summed E-state index contributed by atoms with van der Waals surface area (Å²) < 4.78 is 5.11. The Morgan fingerprint density at radius 2 is 1.71 bits per heavy atom. The average molecular weight is 421 g/mol. The van der Waals surface area contributed by atoms with Crippen molar-refractivity contribution in [2.45, 2.75) is 30.6 Å². The Kier molecular flexibility index (Phi) is 8.35. The van der Waals surface area contributed by atoms with E-state index in [4.69, 9.17) is 16.3 Å². The number of nitrogens with one attached hydrogen (secondary N) is 2. The molecule has 1 atom stereocenters. The van der Waals surface area contributed by atoms with Crippen LogP contribution in [0.15, 0.2) is 53.4 Å². The number of urea groups is 1. The van der Waals surface area contributed by atoms with E-state index in [1.807, 2.05) is 36.4 Å². The van der Waals surface area contributed by atoms with Crippen molar-refractivity contribution in [1.29, 1.82) is 0 Å². The maximum atomic E-state index is 12.2. The number of carbonyl (C=O) groups excluding carboxylic acids is 3. The lowest BCUT2D eigenvalue weighted by Crippen LogP contribution is -2.44. The molecule has 0 fully saturated rings. The van der Waals surface area contributed by atoms with Gasteiger partial charge in [-0.05, 0) is 55.8 Å². The number of benzene rings is 2. The topological polar surface area (TPSA) is 84.5 Å². The molecule has 0 aliphatic carbocycles. The van der Waals surface area contributed by atoms with Gasteiger partial charge >= 0.3 is 12.0 Å². The summed E-state index contributed by atoms with van der Waals surface area (Å²) >= 11 is 7.53. The quantitative estimate of drug-likeness (QED) is 0.522. The zero-order valence-corrected chi connectivity index (χ0v) is 17.1. The average Bonchev–Trinajstić information content (AvgIpc) is 2.68. The molecule has 0 aliphatic heterocycles. The Morgan fingerprint density at radius 1 is 1.07 bits per heavy atom. The standard InChI is InChI=1S/C20H21ClN2O4S/c1-3-22-20(26)23-18(24)13(2)27-19(25)15-6-4-14(5-7-15)12-28-17-10-8-16(21)9-11-17/h4-11,13H,3,12H2,1-2H3,(H2,22,23,24,26)/t13-/m1/s1. The lowest BCUT2D eigenvalue weighted by molar-refractivity contribution is -0.127. The third-order valence-corrected chi connectivity index (χ3v) is 4.97. The van der Waals surface area contributed by atoms with Gasteiger partial charge in [-0.3, -0.25) is 10.1 Å². The Labute approximate surface area is 173 Å². The fourth-order valence-corrected chi connectivity index (χ4v) is 3.12. The van der Waals surface area contributed by atoms with Gasteiger partial charge in [0.05, 0.1) is 5.56 Å². The highest BCUT2D eigenvalue weighted by molar-refractivity contribution is 7.98. The van der Waals surface area contributed by atoms with Crippen LogP contribution < -0.4 is 10.6 Å². The van der Waals surface area contributed by atoms with Gasteiger partial charge in [0.2, 0.25) is 0 Å². The Hall–Kier alpha value is -2.51. The van der Waals surface area contributed by atoms with Crippen molar-refractivity contribution >= 4 is 41.3 Å². The summed E-state index contributed by atoms with van der Waals surface area (Å²) in [5, 5.41) is 5.23. The van der Waals surface area contributed by atoms with Crippen molar-refractivity contribution in [1.82, 2.24) is 10.6 Å². The van der Waals surface area contributed by atoms with E-state index in [0.29, 0.717) is 17.1 Å². The second-order valence-electron chi connectivity index (χ2n) is 5.84. The molecule has 0 aromatic heterocycles. The first kappa shape index (κ1) is 21.8. The monoisotopic (exact) mass is 420 g/mol. The van der Waals surface area contributed by atoms with Gasteiger partial charge in [-0.15, -0.1) is 11.8 Å². The number of amides is 3. The van der Waals surface area contributed by atoms with Crippen molar-refractivity contribution in [2.75, 3.05) is 6.54 Å². The fraction of sp³-hybridized carbons (Fsp3) is 0.250. The van der Waals surface area contributed by atoms with Crippen molar-refractivity contribution < 1.29 is 19.1 Å². The van der Waals surface area contributed by atoms with Crippen LogP contribution in [0.4, 0.5) is 4.79 Å². The second kappa shape index (κ2) is 10.7. The van der Waals surface area contributed by atoms with Gasteiger partial charge in [-0.2, -0.15) is 0 Å². The van der Waals surface area contributed by atoms with Gasteiger partial charge in [0, 0.05) is 22.2 Å². The molecule has 2 rings (SSSR count). The van der Waals surface area contributed by atoms with Gasteiger partial charge in [-0.25, -0.2) is 9.59 Å². The van der Waals surface area contributed by atoms with Crippen LogP contribution in [0.2, 0.25) is 5.02 Å². The summed E-state index contributed by atoms with van der Waals surface area (Å²) in [6, 6.07) is 13.9. The van der Waals surface area contributed by atoms with Crippen molar-refractivity contribution in [2.24, 2.45) is 0 Å². The number of imide groups is 1. The molecule has 0 aliphatic rings. The zero-order valence-electron chi connectivity index (χ0n) is 15.5. The maximum Gasteiger partial charge on any atom is 0.338 e. The summed E-state index contributed by atoms with van der Waals surface area (Å²) in [6.07, 6.45) is -1.09. The lowest BCUT2D eigenvalue weighted by Gasteiger charge is -2.13. The molecule has 28 heavy (non-hydrogen) atoms. The van der Waals surface area contributed by atoms with Crippen LogP contribution in [0, 0.1) is 0 Å². The molecule has 0 spiro atoms. The molecule has 0 heterocycles. The number of thioether (sulfide) groups is 1. The van der Waals surface area contributed by atoms with E-state index in [-0.39, 0.29) is 0 Å². The minimum Gasteiger partial charge on any atom is -0.449 e. The zero-order chi connectivity index (χ0) is 20.5. The second-order valence-corrected chi connectivity index (χ2v) is 7.32. The van der Waals surface area contributed by atoms with Crippen molar-refractivity contribution in [3.63, 3.8) is 0 Å². The molecule has 2 aromatic carbocycles. The highest BCUT2D eigenvalue weighted by atomic mass is 35.5. The molecule has 0 saturated carbocycles. The Morgan fingerprint density at radius 3 is 2.32 bits per heavy atom. The lowest BCUT2D eigenvalue weighted by atomic mass is 10.1. The Balaban J connectivity index is 1.86. The Bertz CT molecular complexity index is 825. The van der Waals surface area contributed by atoms with Gasteiger partial charge in [0.1, 0.15) is 0 Å². The summed E-state index contributed by atoms with van der Waals surface area (Å²) in [7, 11) is 0. The van der Waals surface area contributed by atoms with Crippen LogP contribution in [0.25, 0.3) is 0 Å². The van der Waals surface area contributed by atoms with E-state index in [0.717, 1.165) is 16.2 Å². The van der Waals surface area contributed by atoms with E-state index >= 15 is 0 Å². The first-order valence-electron chi connectivity index (χ1n) is 8.66. The first-order chi connectivity index (χ1) is 13.4. The largest absolute Gasteiger partial charge is 0.449 e. The third kappa shape index (κ3) is 6.90. The molecule has 0 saturated heterocycles. The molecule has 0 bridgehead atoms. The predicted octanol–water partition coefficient (Wildman–Crippen LogP) is 4.02. The molecule has 0 unspecified atom stereocenters. The first-order valence-corrected chi connectivity index (χ1v) is 10.0. The van der Waals surface area contributed by atoms with Crippen molar-refractivity contribution in [3.8, 4) is 0 Å². The molecule has 3 amide bonds. The van der Waals surface area contributed by atoms with E-state index in [1.54, 1.807) is 30.8 Å². The van der Waals surface area contributed by atoms with Gasteiger partial charge < -0.3 is 10.1 Å². The summed E-state index contributed by atoms with van der Waals surface area (Å²) in [5.74, 6) is -0.576. The van der Waals surface area contributed by atoms with E-state index in [2.05, 4.69) is 10.6 Å². The predicted molar refractivity (Wildman–Crippen MR) is 110 cm³/mol. The smallest absolute Gasteiger partial charge is 0.338 e. The van der Waals surface area contributed by atoms with Crippen LogP contribution in [-0.2, 0) is 15.3 Å². The van der Waals surface area contributed by atoms with E-state index in [1.165, 1.54) is 6.92 Å². The van der Waals surface area contributed by atoms with Crippen LogP contribution in [-0.4, -0.2) is 30.6 Å². The van der Waals surface area contributed by atoms with Gasteiger partial charge in [-0.1, -0.05) is 23.7 Å². The molecule has 8 heteroatoms. The molecule has 2 aromatic rings. The van der Waals surface area contributed by atoms with Gasteiger partial charge in [0.25, 0.3) is 5.91 Å². The third-order valence-electron chi connectivity index (χ3n) is 3.64. The highest BCUT2D eigenvalue weighted by Gasteiger charge is 2.20. The number of hydrogen-bond donors (Lipinski definition) is 2. The molecule has 6 nitrogen and oxygen atoms in total. The number of ether oxygens (including phenoxy) is 1. The normalized spacial score (nSPS) is 11.4. The van der Waals surface area contributed by atoms with Crippen molar-refractivity contribution in [3.05, 3.63) is 64.7 Å². The molecule has 2 N–H and O–H groups in total. The number of esters is 1. The number of halogens is 1. The summed E-state index contributed by atoms with van der Waals surface area (Å²) in [5.41, 5.74) is 1.37. The molecular weight excluding hydrogens is 400 g/mol. The number of carbonyl (C=O) groups is 3. The van der Waals surface area contributed by atoms with E-state index < -0.39 is 24.0 Å². The number of rotatable bonds is 7. The molecule has 148 valence electrons. The van der Waals surface area contributed by atoms with Crippen LogP contribution in [0.1, 0.15) is 29.8 Å².